The molecule has 0 saturated carbocycles. The fourth-order valence-corrected chi connectivity index (χ4v) is 2.13. The molecular weight excluding hydrogens is 224 g/mol. The summed E-state index contributed by atoms with van der Waals surface area (Å²) in [6, 6.07) is 10.0. The number of rotatable bonds is 2. The summed E-state index contributed by atoms with van der Waals surface area (Å²) < 4.78 is 5.37. The molecule has 2 heterocycles. The first-order chi connectivity index (χ1) is 8.90. The summed E-state index contributed by atoms with van der Waals surface area (Å²) in [6.45, 7) is 0. The van der Waals surface area contributed by atoms with Crippen molar-refractivity contribution in [3.8, 4) is 16.9 Å². The first kappa shape index (κ1) is 10.7. The maximum absolute atomic E-state index is 5.37. The molecule has 0 atom stereocenters. The Balaban J connectivity index is 2.32. The molecule has 0 bridgehead atoms. The first-order valence-electron chi connectivity index (χ1n) is 5.71. The van der Waals surface area contributed by atoms with Crippen LogP contribution in [0.3, 0.4) is 0 Å². The highest BCUT2D eigenvalue weighted by atomic mass is 16.5. The van der Waals surface area contributed by atoms with Crippen molar-refractivity contribution in [3.63, 3.8) is 0 Å². The van der Waals surface area contributed by atoms with Gasteiger partial charge in [0.2, 0.25) is 0 Å². The molecule has 0 unspecified atom stereocenters. The van der Waals surface area contributed by atoms with E-state index in [0.29, 0.717) is 0 Å². The summed E-state index contributed by atoms with van der Waals surface area (Å²) in [5, 5.41) is 2.16. The van der Waals surface area contributed by atoms with Crippen LogP contribution in [-0.2, 0) is 0 Å². The molecular formula is C15H12N2O. The molecule has 0 aliphatic carbocycles. The second-order valence-electron chi connectivity index (χ2n) is 3.97. The van der Waals surface area contributed by atoms with Gasteiger partial charge in [-0.3, -0.25) is 9.97 Å². The highest BCUT2D eigenvalue weighted by molar-refractivity contribution is 5.99. The average molecular weight is 236 g/mol. The molecule has 0 aliphatic heterocycles. The van der Waals surface area contributed by atoms with Gasteiger partial charge in [-0.1, -0.05) is 6.07 Å². The van der Waals surface area contributed by atoms with Crippen LogP contribution in [0.2, 0.25) is 0 Å². The van der Waals surface area contributed by atoms with Gasteiger partial charge in [-0.15, -0.1) is 0 Å². The standard InChI is InChI=1S/C15H12N2O/c1-18-15-3-2-12(11-4-7-16-8-5-11)13-6-9-17-10-14(13)15/h2-10H,1H3. The molecule has 3 aromatic rings. The average Bonchev–Trinajstić information content (AvgIpc) is 2.47. The van der Waals surface area contributed by atoms with Gasteiger partial charge in [-0.2, -0.15) is 0 Å². The van der Waals surface area contributed by atoms with Gasteiger partial charge in [-0.25, -0.2) is 0 Å². The van der Waals surface area contributed by atoms with Crippen LogP contribution in [0, 0.1) is 0 Å². The number of pyridine rings is 2. The van der Waals surface area contributed by atoms with E-state index < -0.39 is 0 Å². The molecule has 0 amide bonds. The smallest absolute Gasteiger partial charge is 0.128 e. The predicted octanol–water partition coefficient (Wildman–Crippen LogP) is 3.31. The second kappa shape index (κ2) is 4.45. The maximum Gasteiger partial charge on any atom is 0.128 e. The largest absolute Gasteiger partial charge is 0.496 e. The fraction of sp³-hybridized carbons (Fsp3) is 0.0667. The Morgan fingerprint density at radius 1 is 0.833 bits per heavy atom. The summed E-state index contributed by atoms with van der Waals surface area (Å²) in [4.78, 5) is 8.21. The molecule has 0 spiro atoms. The lowest BCUT2D eigenvalue weighted by atomic mass is 10.00. The number of methoxy groups -OCH3 is 1. The minimum Gasteiger partial charge on any atom is -0.496 e. The minimum absolute atomic E-state index is 0.843. The van der Waals surface area contributed by atoms with Crippen molar-refractivity contribution >= 4 is 10.8 Å². The zero-order valence-corrected chi connectivity index (χ0v) is 10.00. The van der Waals surface area contributed by atoms with E-state index in [1.54, 1.807) is 25.7 Å². The Bertz CT molecular complexity index is 680. The number of fused-ring (bicyclic) bond motifs is 1. The van der Waals surface area contributed by atoms with Gasteiger partial charge in [-0.05, 0) is 40.8 Å². The van der Waals surface area contributed by atoms with Crippen molar-refractivity contribution in [3.05, 3.63) is 55.1 Å². The fourth-order valence-electron chi connectivity index (χ4n) is 2.13. The van der Waals surface area contributed by atoms with E-state index in [2.05, 4.69) is 16.0 Å². The van der Waals surface area contributed by atoms with Crippen LogP contribution in [0.5, 0.6) is 5.75 Å². The zero-order chi connectivity index (χ0) is 12.4. The first-order valence-corrected chi connectivity index (χ1v) is 5.71. The molecule has 0 fully saturated rings. The van der Waals surface area contributed by atoms with Gasteiger partial charge in [0.05, 0.1) is 7.11 Å². The summed E-state index contributed by atoms with van der Waals surface area (Å²) in [5.41, 5.74) is 2.31. The van der Waals surface area contributed by atoms with Crippen molar-refractivity contribution in [1.29, 1.82) is 0 Å². The molecule has 2 aromatic heterocycles. The van der Waals surface area contributed by atoms with Gasteiger partial charge in [0.15, 0.2) is 0 Å². The van der Waals surface area contributed by atoms with Gasteiger partial charge in [0.25, 0.3) is 0 Å². The Kier molecular flexibility index (Phi) is 2.65. The van der Waals surface area contributed by atoms with Crippen molar-refractivity contribution < 1.29 is 4.74 Å². The molecule has 1 aromatic carbocycles. The number of aromatic nitrogens is 2. The van der Waals surface area contributed by atoms with Crippen molar-refractivity contribution in [1.82, 2.24) is 9.97 Å². The summed E-state index contributed by atoms with van der Waals surface area (Å²) in [6.07, 6.45) is 7.23. The molecule has 3 nitrogen and oxygen atoms in total. The Hall–Kier alpha value is -2.42. The summed E-state index contributed by atoms with van der Waals surface area (Å²) in [5.74, 6) is 0.843. The maximum atomic E-state index is 5.37. The highest BCUT2D eigenvalue weighted by Crippen LogP contribution is 2.33. The molecule has 0 saturated heterocycles. The lowest BCUT2D eigenvalue weighted by Crippen LogP contribution is -1.88. The number of hydrogen-bond acceptors (Lipinski definition) is 3. The van der Waals surface area contributed by atoms with E-state index in [-0.39, 0.29) is 0 Å². The van der Waals surface area contributed by atoms with Gasteiger partial charge in [0, 0.05) is 30.2 Å². The van der Waals surface area contributed by atoms with Crippen LogP contribution in [0.15, 0.2) is 55.1 Å². The van der Waals surface area contributed by atoms with E-state index in [4.69, 9.17) is 4.74 Å². The Morgan fingerprint density at radius 2 is 1.61 bits per heavy atom. The van der Waals surface area contributed by atoms with Gasteiger partial charge in [0.1, 0.15) is 5.75 Å². The SMILES string of the molecule is COc1ccc(-c2ccncc2)c2ccncc12. The molecule has 0 radical (unpaired) electrons. The molecule has 3 rings (SSSR count). The third kappa shape index (κ3) is 1.70. The minimum atomic E-state index is 0.843. The molecule has 0 N–H and O–H groups in total. The van der Waals surface area contributed by atoms with Crippen LogP contribution in [-0.4, -0.2) is 17.1 Å². The number of hydrogen-bond donors (Lipinski definition) is 0. The van der Waals surface area contributed by atoms with E-state index in [9.17, 15) is 0 Å². The molecule has 18 heavy (non-hydrogen) atoms. The van der Waals surface area contributed by atoms with E-state index in [1.165, 1.54) is 0 Å². The van der Waals surface area contributed by atoms with Crippen LogP contribution >= 0.6 is 0 Å². The normalized spacial score (nSPS) is 10.5. The van der Waals surface area contributed by atoms with Gasteiger partial charge >= 0.3 is 0 Å². The number of nitrogens with zero attached hydrogens (tertiary/aromatic N) is 2. The third-order valence-electron chi connectivity index (χ3n) is 2.99. The predicted molar refractivity (Wildman–Crippen MR) is 71.5 cm³/mol. The zero-order valence-electron chi connectivity index (χ0n) is 10.00. The van der Waals surface area contributed by atoms with Crippen molar-refractivity contribution in [2.45, 2.75) is 0 Å². The third-order valence-corrected chi connectivity index (χ3v) is 2.99. The number of ether oxygens (including phenoxy) is 1. The second-order valence-corrected chi connectivity index (χ2v) is 3.97. The molecule has 88 valence electrons. The van der Waals surface area contributed by atoms with E-state index in [0.717, 1.165) is 27.6 Å². The Morgan fingerprint density at radius 3 is 2.39 bits per heavy atom. The molecule has 0 aliphatic rings. The lowest BCUT2D eigenvalue weighted by molar-refractivity contribution is 0.420. The lowest BCUT2D eigenvalue weighted by Gasteiger charge is -2.09. The van der Waals surface area contributed by atoms with Gasteiger partial charge < -0.3 is 4.74 Å². The van der Waals surface area contributed by atoms with E-state index >= 15 is 0 Å². The van der Waals surface area contributed by atoms with Crippen LogP contribution in [0.1, 0.15) is 0 Å². The highest BCUT2D eigenvalue weighted by Gasteiger charge is 2.07. The van der Waals surface area contributed by atoms with Crippen LogP contribution < -0.4 is 4.74 Å². The summed E-state index contributed by atoms with van der Waals surface area (Å²) >= 11 is 0. The quantitative estimate of drug-likeness (QED) is 0.684. The monoisotopic (exact) mass is 236 g/mol. The van der Waals surface area contributed by atoms with Crippen molar-refractivity contribution in [2.75, 3.05) is 7.11 Å². The topological polar surface area (TPSA) is 35.0 Å². The van der Waals surface area contributed by atoms with Crippen LogP contribution in [0.25, 0.3) is 21.9 Å². The number of benzene rings is 1. The summed E-state index contributed by atoms with van der Waals surface area (Å²) in [7, 11) is 1.67. The van der Waals surface area contributed by atoms with Crippen molar-refractivity contribution in [2.24, 2.45) is 0 Å². The van der Waals surface area contributed by atoms with Crippen LogP contribution in [0.4, 0.5) is 0 Å². The Labute approximate surface area is 105 Å². The van der Waals surface area contributed by atoms with E-state index in [1.807, 2.05) is 30.5 Å². The molecule has 3 heteroatoms.